The molecule has 0 atom stereocenters. The second-order valence-corrected chi connectivity index (χ2v) is 7.10. The van der Waals surface area contributed by atoms with Crippen LogP contribution in [0.1, 0.15) is 27.9 Å². The molecule has 1 amide bonds. The van der Waals surface area contributed by atoms with Gasteiger partial charge >= 0.3 is 0 Å². The lowest BCUT2D eigenvalue weighted by Crippen LogP contribution is -2.24. The van der Waals surface area contributed by atoms with E-state index in [9.17, 15) is 4.79 Å². The normalized spacial score (nSPS) is 10.7. The van der Waals surface area contributed by atoms with Crippen molar-refractivity contribution in [2.45, 2.75) is 23.5 Å². The highest BCUT2D eigenvalue weighted by Crippen LogP contribution is 2.22. The number of amides is 1. The average Bonchev–Trinajstić information content (AvgIpc) is 3.10. The molecule has 1 N–H and O–H groups in total. The lowest BCUT2D eigenvalue weighted by atomic mass is 10.2. The first kappa shape index (κ1) is 18.2. The van der Waals surface area contributed by atoms with Crippen LogP contribution in [-0.2, 0) is 19.2 Å². The Morgan fingerprint density at radius 2 is 2.00 bits per heavy atom. The first-order chi connectivity index (χ1) is 12.7. The summed E-state index contributed by atoms with van der Waals surface area (Å²) >= 11 is 1.74. The fraction of sp³-hybridized carbons (Fsp3) is 0.250. The van der Waals surface area contributed by atoms with Crippen molar-refractivity contribution in [1.82, 2.24) is 20.1 Å². The number of rotatable bonds is 8. The predicted molar refractivity (Wildman–Crippen MR) is 104 cm³/mol. The van der Waals surface area contributed by atoms with Gasteiger partial charge in [-0.25, -0.2) is 0 Å². The molecule has 2 aromatic heterocycles. The summed E-state index contributed by atoms with van der Waals surface area (Å²) < 4.78 is 1.79. The van der Waals surface area contributed by atoms with Gasteiger partial charge in [-0.3, -0.25) is 14.5 Å². The number of aromatic nitrogens is 3. The Balaban J connectivity index is 1.41. The number of hydrogen-bond donors (Lipinski definition) is 1. The van der Waals surface area contributed by atoms with E-state index in [1.165, 1.54) is 11.1 Å². The monoisotopic (exact) mass is 366 g/mol. The highest BCUT2D eigenvalue weighted by atomic mass is 32.2. The van der Waals surface area contributed by atoms with Crippen molar-refractivity contribution in [2.24, 2.45) is 7.05 Å². The van der Waals surface area contributed by atoms with Gasteiger partial charge in [-0.2, -0.15) is 5.10 Å². The van der Waals surface area contributed by atoms with Gasteiger partial charge in [-0.1, -0.05) is 6.07 Å². The summed E-state index contributed by atoms with van der Waals surface area (Å²) in [6.07, 6.45) is 9.33. The molecule has 0 bridgehead atoms. The Hall–Kier alpha value is -2.60. The number of nitrogens with one attached hydrogen (secondary N) is 1. The van der Waals surface area contributed by atoms with Crippen molar-refractivity contribution in [3.05, 3.63) is 77.9 Å². The zero-order valence-corrected chi connectivity index (χ0v) is 15.6. The van der Waals surface area contributed by atoms with Gasteiger partial charge in [0.25, 0.3) is 5.91 Å². The third-order valence-electron chi connectivity index (χ3n) is 3.93. The van der Waals surface area contributed by atoms with E-state index in [0.29, 0.717) is 12.1 Å². The summed E-state index contributed by atoms with van der Waals surface area (Å²) in [5.41, 5.74) is 3.07. The number of aryl methyl sites for hydroxylation is 2. The topological polar surface area (TPSA) is 59.8 Å². The van der Waals surface area contributed by atoms with E-state index in [1.807, 2.05) is 56.0 Å². The fourth-order valence-electron chi connectivity index (χ4n) is 2.55. The quantitative estimate of drug-likeness (QED) is 0.490. The van der Waals surface area contributed by atoms with E-state index in [2.05, 4.69) is 21.5 Å². The summed E-state index contributed by atoms with van der Waals surface area (Å²) in [6.45, 7) is 0.658. The molecule has 0 radical (unpaired) electrons. The molecule has 6 heteroatoms. The second-order valence-electron chi connectivity index (χ2n) is 6.06. The van der Waals surface area contributed by atoms with Gasteiger partial charge in [0.2, 0.25) is 0 Å². The molecule has 0 aliphatic rings. The minimum absolute atomic E-state index is 0.0278. The summed E-state index contributed by atoms with van der Waals surface area (Å²) in [5.74, 6) is 0.841. The number of carbonyl (C=O) groups excluding carboxylic acids is 1. The zero-order valence-electron chi connectivity index (χ0n) is 14.8. The first-order valence-corrected chi connectivity index (χ1v) is 9.57. The van der Waals surface area contributed by atoms with Gasteiger partial charge in [0.1, 0.15) is 0 Å². The zero-order chi connectivity index (χ0) is 18.2. The van der Waals surface area contributed by atoms with Crippen LogP contribution in [-0.4, -0.2) is 27.2 Å². The molecule has 134 valence electrons. The fourth-order valence-corrected chi connectivity index (χ4v) is 3.38. The Labute approximate surface area is 157 Å². The van der Waals surface area contributed by atoms with Crippen LogP contribution < -0.4 is 5.32 Å². The lowest BCUT2D eigenvalue weighted by Gasteiger charge is -2.06. The smallest absolute Gasteiger partial charge is 0.251 e. The SMILES string of the molecule is Cn1cc(CCCNC(=O)c2ccc(SCc3cccnc3)cc2)cn1. The molecule has 0 aliphatic carbocycles. The predicted octanol–water partition coefficient (Wildman–Crippen LogP) is 3.47. The molecule has 0 saturated carbocycles. The average molecular weight is 366 g/mol. The van der Waals surface area contributed by atoms with Crippen LogP contribution in [0.25, 0.3) is 0 Å². The molecular formula is C20H22N4OS. The first-order valence-electron chi connectivity index (χ1n) is 8.58. The Kier molecular flexibility index (Phi) is 6.44. The maximum atomic E-state index is 12.2. The largest absolute Gasteiger partial charge is 0.352 e. The second kappa shape index (κ2) is 9.20. The molecule has 5 nitrogen and oxygen atoms in total. The summed E-state index contributed by atoms with van der Waals surface area (Å²) in [7, 11) is 1.91. The van der Waals surface area contributed by atoms with Gasteiger partial charge in [0.05, 0.1) is 6.20 Å². The van der Waals surface area contributed by atoms with E-state index < -0.39 is 0 Å². The lowest BCUT2D eigenvalue weighted by molar-refractivity contribution is 0.0953. The molecule has 0 unspecified atom stereocenters. The van der Waals surface area contributed by atoms with Crippen molar-refractivity contribution in [2.75, 3.05) is 6.54 Å². The van der Waals surface area contributed by atoms with Crippen molar-refractivity contribution in [1.29, 1.82) is 0 Å². The Morgan fingerprint density at radius 3 is 2.69 bits per heavy atom. The van der Waals surface area contributed by atoms with E-state index in [4.69, 9.17) is 0 Å². The Bertz CT molecular complexity index is 831. The molecule has 3 rings (SSSR count). The van der Waals surface area contributed by atoms with Crippen LogP contribution in [0, 0.1) is 0 Å². The van der Waals surface area contributed by atoms with Crippen molar-refractivity contribution >= 4 is 17.7 Å². The van der Waals surface area contributed by atoms with Gasteiger partial charge in [0.15, 0.2) is 0 Å². The standard InChI is InChI=1S/C20H22N4OS/c1-24-14-16(13-23-24)4-3-11-22-20(25)18-6-8-19(9-7-18)26-15-17-5-2-10-21-12-17/h2,5-10,12-14H,3-4,11,15H2,1H3,(H,22,25). The minimum atomic E-state index is -0.0278. The molecule has 0 fully saturated rings. The molecule has 0 saturated heterocycles. The van der Waals surface area contributed by atoms with Crippen LogP contribution >= 0.6 is 11.8 Å². The molecule has 26 heavy (non-hydrogen) atoms. The number of thioether (sulfide) groups is 1. The van der Waals surface area contributed by atoms with Crippen LogP contribution in [0.3, 0.4) is 0 Å². The summed E-state index contributed by atoms with van der Waals surface area (Å²) in [6, 6.07) is 11.7. The molecule has 3 aromatic rings. The molecule has 0 spiro atoms. The maximum absolute atomic E-state index is 12.2. The summed E-state index contributed by atoms with van der Waals surface area (Å²) in [5, 5.41) is 7.12. The third-order valence-corrected chi connectivity index (χ3v) is 5.01. The third kappa shape index (κ3) is 5.46. The van der Waals surface area contributed by atoms with E-state index in [0.717, 1.165) is 23.5 Å². The van der Waals surface area contributed by atoms with Crippen LogP contribution in [0.15, 0.2) is 66.1 Å². The van der Waals surface area contributed by atoms with Crippen LogP contribution in [0.5, 0.6) is 0 Å². The van der Waals surface area contributed by atoms with Gasteiger partial charge in [-0.05, 0) is 54.3 Å². The van der Waals surface area contributed by atoms with Gasteiger partial charge in [0, 0.05) is 48.4 Å². The van der Waals surface area contributed by atoms with Gasteiger partial charge < -0.3 is 5.32 Å². The van der Waals surface area contributed by atoms with Crippen LogP contribution in [0.4, 0.5) is 0 Å². The minimum Gasteiger partial charge on any atom is -0.352 e. The molecular weight excluding hydrogens is 344 g/mol. The van der Waals surface area contributed by atoms with Crippen molar-refractivity contribution in [3.63, 3.8) is 0 Å². The van der Waals surface area contributed by atoms with Crippen molar-refractivity contribution in [3.8, 4) is 0 Å². The number of benzene rings is 1. The Morgan fingerprint density at radius 1 is 1.15 bits per heavy atom. The summed E-state index contributed by atoms with van der Waals surface area (Å²) in [4.78, 5) is 17.5. The van der Waals surface area contributed by atoms with Crippen LogP contribution in [0.2, 0.25) is 0 Å². The number of pyridine rings is 1. The number of hydrogen-bond acceptors (Lipinski definition) is 4. The highest BCUT2D eigenvalue weighted by molar-refractivity contribution is 7.98. The van der Waals surface area contributed by atoms with Gasteiger partial charge in [-0.15, -0.1) is 11.8 Å². The number of carbonyl (C=O) groups is 1. The number of nitrogens with zero attached hydrogens (tertiary/aromatic N) is 3. The van der Waals surface area contributed by atoms with E-state index in [-0.39, 0.29) is 5.91 Å². The van der Waals surface area contributed by atoms with E-state index >= 15 is 0 Å². The molecule has 0 aliphatic heterocycles. The molecule has 2 heterocycles. The molecule has 1 aromatic carbocycles. The van der Waals surface area contributed by atoms with Crippen molar-refractivity contribution < 1.29 is 4.79 Å². The highest BCUT2D eigenvalue weighted by Gasteiger charge is 2.05. The maximum Gasteiger partial charge on any atom is 0.251 e. The van der Waals surface area contributed by atoms with E-state index in [1.54, 1.807) is 22.6 Å².